The van der Waals surface area contributed by atoms with Gasteiger partial charge in [0, 0.05) is 25.0 Å². The highest BCUT2D eigenvalue weighted by molar-refractivity contribution is 6.06. The van der Waals surface area contributed by atoms with Crippen LogP contribution >= 0.6 is 0 Å². The molecule has 1 aliphatic rings. The first-order valence-electron chi connectivity index (χ1n) is 10.5. The number of anilines is 2. The lowest BCUT2D eigenvalue weighted by Gasteiger charge is -2.36. The van der Waals surface area contributed by atoms with Crippen LogP contribution in [0.5, 0.6) is 5.75 Å². The van der Waals surface area contributed by atoms with E-state index < -0.39 is 5.82 Å². The van der Waals surface area contributed by atoms with E-state index in [0.717, 1.165) is 17.6 Å². The number of nitrogens with one attached hydrogen (secondary N) is 1. The molecule has 8 nitrogen and oxygen atoms in total. The number of hydrogen-bond donors (Lipinski definition) is 2. The van der Waals surface area contributed by atoms with Gasteiger partial charge in [-0.3, -0.25) is 4.79 Å². The Labute approximate surface area is 189 Å². The second kappa shape index (κ2) is 8.51. The molecule has 3 aromatic heterocycles. The van der Waals surface area contributed by atoms with Crippen LogP contribution in [0.4, 0.5) is 15.9 Å². The number of aromatic nitrogens is 3. The van der Waals surface area contributed by atoms with Crippen LogP contribution in [0.3, 0.4) is 0 Å². The lowest BCUT2D eigenvalue weighted by atomic mass is 10.2. The number of β-amino-alcohol motifs (C(OH)–C–C–N with tert-alkyl or cyclic N) is 1. The first-order valence-corrected chi connectivity index (χ1v) is 10.5. The van der Waals surface area contributed by atoms with E-state index in [1.54, 1.807) is 36.1 Å². The number of ether oxygens (including phenoxy) is 1. The third kappa shape index (κ3) is 4.22. The molecule has 1 aliphatic heterocycles. The SMILES string of the molecule is COc1cccc(Cn2c(C(=O)Nc3ccc(N4CC(O)C4)nc3)cc3cc(F)cnc32)c1. The minimum Gasteiger partial charge on any atom is -0.497 e. The molecule has 0 saturated carbocycles. The number of pyridine rings is 2. The van der Waals surface area contributed by atoms with Gasteiger partial charge in [-0.2, -0.15) is 0 Å². The largest absolute Gasteiger partial charge is 0.497 e. The maximum absolute atomic E-state index is 13.8. The van der Waals surface area contributed by atoms with Crippen molar-refractivity contribution in [3.63, 3.8) is 0 Å². The van der Waals surface area contributed by atoms with Crippen LogP contribution < -0.4 is 15.0 Å². The fourth-order valence-electron chi connectivity index (χ4n) is 3.90. The van der Waals surface area contributed by atoms with Gasteiger partial charge in [0.2, 0.25) is 0 Å². The maximum Gasteiger partial charge on any atom is 0.272 e. The second-order valence-electron chi connectivity index (χ2n) is 7.95. The molecule has 1 saturated heterocycles. The van der Waals surface area contributed by atoms with Crippen LogP contribution in [0.25, 0.3) is 11.0 Å². The van der Waals surface area contributed by atoms with Crippen molar-refractivity contribution < 1.29 is 19.0 Å². The molecule has 0 radical (unpaired) electrons. The smallest absolute Gasteiger partial charge is 0.272 e. The zero-order chi connectivity index (χ0) is 22.9. The quantitative estimate of drug-likeness (QED) is 0.472. The summed E-state index contributed by atoms with van der Waals surface area (Å²) in [7, 11) is 1.59. The maximum atomic E-state index is 13.8. The monoisotopic (exact) mass is 447 g/mol. The van der Waals surface area contributed by atoms with Crippen LogP contribution in [-0.2, 0) is 6.54 Å². The Bertz CT molecular complexity index is 1320. The van der Waals surface area contributed by atoms with E-state index in [2.05, 4.69) is 15.3 Å². The van der Waals surface area contributed by atoms with Gasteiger partial charge >= 0.3 is 0 Å². The predicted octanol–water partition coefficient (Wildman–Crippen LogP) is 3.06. The van der Waals surface area contributed by atoms with Gasteiger partial charge in [-0.05, 0) is 42.0 Å². The number of fused-ring (bicyclic) bond motifs is 1. The number of aliphatic hydroxyl groups excluding tert-OH is 1. The van der Waals surface area contributed by atoms with Gasteiger partial charge in [0.05, 0.1) is 31.3 Å². The number of rotatable bonds is 6. The van der Waals surface area contributed by atoms with Gasteiger partial charge in [-0.1, -0.05) is 12.1 Å². The molecule has 1 amide bonds. The van der Waals surface area contributed by atoms with E-state index in [1.165, 1.54) is 6.07 Å². The number of halogens is 1. The van der Waals surface area contributed by atoms with Crippen molar-refractivity contribution in [2.75, 3.05) is 30.4 Å². The Balaban J connectivity index is 1.43. The summed E-state index contributed by atoms with van der Waals surface area (Å²) in [5.41, 5.74) is 2.30. The molecule has 1 fully saturated rings. The molecular formula is C24H22FN5O3. The van der Waals surface area contributed by atoms with E-state index in [9.17, 15) is 14.3 Å². The highest BCUT2D eigenvalue weighted by atomic mass is 19.1. The number of carbonyl (C=O) groups is 1. The van der Waals surface area contributed by atoms with E-state index in [4.69, 9.17) is 4.74 Å². The summed E-state index contributed by atoms with van der Waals surface area (Å²) in [5.74, 6) is 0.620. The van der Waals surface area contributed by atoms with Crippen molar-refractivity contribution in [1.82, 2.24) is 14.5 Å². The van der Waals surface area contributed by atoms with Crippen molar-refractivity contribution >= 4 is 28.4 Å². The number of benzene rings is 1. The lowest BCUT2D eigenvalue weighted by molar-refractivity contribution is 0.101. The van der Waals surface area contributed by atoms with Gasteiger partial charge in [-0.25, -0.2) is 14.4 Å². The van der Waals surface area contributed by atoms with Crippen molar-refractivity contribution in [3.05, 3.63) is 78.0 Å². The van der Waals surface area contributed by atoms with E-state index in [-0.39, 0.29) is 12.0 Å². The van der Waals surface area contributed by atoms with Gasteiger partial charge in [0.1, 0.15) is 28.7 Å². The van der Waals surface area contributed by atoms with E-state index in [0.29, 0.717) is 47.8 Å². The highest BCUT2D eigenvalue weighted by Gasteiger charge is 2.25. The summed E-state index contributed by atoms with van der Waals surface area (Å²) >= 11 is 0. The number of nitrogens with zero attached hydrogens (tertiary/aromatic N) is 4. The molecule has 4 aromatic rings. The molecule has 0 spiro atoms. The standard InChI is InChI=1S/C24H22FN5O3/c1-33-20-4-2-3-15(7-20)12-30-21(9-16-8-17(25)10-27-23(16)30)24(32)28-18-5-6-22(26-11-18)29-13-19(31)14-29/h2-11,19,31H,12-14H2,1H3,(H,28,32). The number of aliphatic hydroxyl groups is 1. The summed E-state index contributed by atoms with van der Waals surface area (Å²) < 4.78 is 20.8. The van der Waals surface area contributed by atoms with Crippen LogP contribution in [0, 0.1) is 5.82 Å². The Morgan fingerprint density at radius 1 is 1.18 bits per heavy atom. The average Bonchev–Trinajstić information content (AvgIpc) is 3.15. The normalized spacial score (nSPS) is 13.7. The zero-order valence-electron chi connectivity index (χ0n) is 17.9. The lowest BCUT2D eigenvalue weighted by Crippen LogP contribution is -2.51. The van der Waals surface area contributed by atoms with Crippen molar-refractivity contribution in [2.24, 2.45) is 0 Å². The second-order valence-corrected chi connectivity index (χ2v) is 7.95. The molecule has 2 N–H and O–H groups in total. The molecule has 0 unspecified atom stereocenters. The molecule has 5 rings (SSSR count). The molecule has 0 aliphatic carbocycles. The van der Waals surface area contributed by atoms with Crippen LogP contribution in [0.2, 0.25) is 0 Å². The van der Waals surface area contributed by atoms with Crippen LogP contribution in [0.1, 0.15) is 16.1 Å². The number of carbonyl (C=O) groups excluding carboxylic acids is 1. The van der Waals surface area contributed by atoms with Gasteiger partial charge in [0.15, 0.2) is 0 Å². The van der Waals surface area contributed by atoms with Crippen LogP contribution in [0.15, 0.2) is 60.9 Å². The van der Waals surface area contributed by atoms with Crippen LogP contribution in [-0.4, -0.2) is 51.9 Å². The fraction of sp³-hybridized carbons (Fsp3) is 0.208. The summed E-state index contributed by atoms with van der Waals surface area (Å²) in [5, 5.41) is 12.8. The van der Waals surface area contributed by atoms with Crippen molar-refractivity contribution in [2.45, 2.75) is 12.6 Å². The summed E-state index contributed by atoms with van der Waals surface area (Å²) in [6.45, 7) is 1.45. The summed E-state index contributed by atoms with van der Waals surface area (Å²) in [4.78, 5) is 23.7. The molecule has 9 heteroatoms. The molecule has 168 valence electrons. The van der Waals surface area contributed by atoms with E-state index >= 15 is 0 Å². The Morgan fingerprint density at radius 3 is 2.76 bits per heavy atom. The zero-order valence-corrected chi connectivity index (χ0v) is 17.9. The van der Waals surface area contributed by atoms with Gasteiger partial charge in [-0.15, -0.1) is 0 Å². The number of amides is 1. The van der Waals surface area contributed by atoms with Gasteiger partial charge < -0.3 is 24.6 Å². The first-order chi connectivity index (χ1) is 16.0. The molecule has 4 heterocycles. The Morgan fingerprint density at radius 2 is 2.03 bits per heavy atom. The Kier molecular flexibility index (Phi) is 5.39. The molecule has 33 heavy (non-hydrogen) atoms. The summed E-state index contributed by atoms with van der Waals surface area (Å²) in [6, 6.07) is 14.1. The predicted molar refractivity (Wildman–Crippen MR) is 122 cm³/mol. The summed E-state index contributed by atoms with van der Waals surface area (Å²) in [6.07, 6.45) is 2.39. The van der Waals surface area contributed by atoms with Crippen molar-refractivity contribution in [3.8, 4) is 5.75 Å². The molecular weight excluding hydrogens is 425 g/mol. The highest BCUT2D eigenvalue weighted by Crippen LogP contribution is 2.24. The minimum atomic E-state index is -0.469. The van der Waals surface area contributed by atoms with E-state index in [1.807, 2.05) is 29.2 Å². The number of methoxy groups -OCH3 is 1. The fourth-order valence-corrected chi connectivity index (χ4v) is 3.90. The molecule has 0 atom stereocenters. The Hall–Kier alpha value is -3.98. The average molecular weight is 447 g/mol. The third-order valence-corrected chi connectivity index (χ3v) is 5.60. The number of hydrogen-bond acceptors (Lipinski definition) is 6. The molecule has 1 aromatic carbocycles. The third-order valence-electron chi connectivity index (χ3n) is 5.60. The van der Waals surface area contributed by atoms with Gasteiger partial charge in [0.25, 0.3) is 5.91 Å². The minimum absolute atomic E-state index is 0.323. The first kappa shape index (κ1) is 20.9. The topological polar surface area (TPSA) is 92.5 Å². The van der Waals surface area contributed by atoms with Crippen molar-refractivity contribution in [1.29, 1.82) is 0 Å². The molecule has 0 bridgehead atoms.